The number of nitrogens with zero attached hydrogens (tertiary/aromatic N) is 6. The second-order valence-corrected chi connectivity index (χ2v) is 3.02. The first-order valence-corrected chi connectivity index (χ1v) is 4.29. The summed E-state index contributed by atoms with van der Waals surface area (Å²) in [6.07, 6.45) is 0.210. The van der Waals surface area contributed by atoms with Gasteiger partial charge in [-0.2, -0.15) is 4.79 Å². The van der Waals surface area contributed by atoms with Gasteiger partial charge in [-0.25, -0.2) is 0 Å². The average Bonchev–Trinajstić information content (AvgIpc) is 2.75. The molecule has 0 atom stereocenters. The van der Waals surface area contributed by atoms with Gasteiger partial charge in [0.05, 0.1) is 5.56 Å². The van der Waals surface area contributed by atoms with E-state index in [1.165, 1.54) is 0 Å². The highest BCUT2D eigenvalue weighted by atomic mass is 15.8. The summed E-state index contributed by atoms with van der Waals surface area (Å²) in [4.78, 5) is 3.14. The number of hydrogen-bond acceptors (Lipinski definition) is 0. The molecule has 0 bridgehead atoms. The lowest BCUT2D eigenvalue weighted by Gasteiger charge is -1.99. The molecule has 1 fully saturated rings. The molecular formula is C9H7N6. The van der Waals surface area contributed by atoms with Crippen molar-refractivity contribution >= 4 is 5.71 Å². The van der Waals surface area contributed by atoms with E-state index in [0.717, 1.165) is 11.1 Å². The maximum atomic E-state index is 8.87. The molecule has 0 aromatic heterocycles. The van der Waals surface area contributed by atoms with Crippen molar-refractivity contribution in [2.24, 2.45) is 0 Å². The number of hydrogen-bond donors (Lipinski definition) is 0. The van der Waals surface area contributed by atoms with Crippen LogP contribution in [-0.4, -0.2) is 10.5 Å². The van der Waals surface area contributed by atoms with E-state index in [1.807, 2.05) is 31.2 Å². The third-order valence-electron chi connectivity index (χ3n) is 1.96. The molecule has 0 saturated carbocycles. The summed E-state index contributed by atoms with van der Waals surface area (Å²) in [5.41, 5.74) is 24.9. The molecule has 1 aromatic carbocycles. The van der Waals surface area contributed by atoms with E-state index in [9.17, 15) is 0 Å². The largest absolute Gasteiger partial charge is 0.361 e. The molecule has 0 aliphatic carbocycles. The molecule has 0 unspecified atom stereocenters. The maximum absolute atomic E-state index is 8.87. The van der Waals surface area contributed by atoms with Crippen LogP contribution in [0.15, 0.2) is 24.3 Å². The Balaban J connectivity index is 2.27. The molecule has 6 heteroatoms. The van der Waals surface area contributed by atoms with Crippen LogP contribution in [0.25, 0.3) is 5.53 Å². The zero-order chi connectivity index (χ0) is 10.7. The molecule has 2 rings (SSSR count). The van der Waals surface area contributed by atoms with Gasteiger partial charge in [0.25, 0.3) is 6.17 Å². The van der Waals surface area contributed by atoms with Crippen LogP contribution in [0.1, 0.15) is 11.1 Å². The molecule has 1 aromatic rings. The standard InChI is InChI=1S/C9H7N6/c1-6-2-4-7(5-3-6)8(11-10)9-12-14-15-13-9/h2-5H,1H3. The molecule has 0 N–H and O–H groups in total. The first-order valence-electron chi connectivity index (χ1n) is 4.29. The number of rotatable bonds is 2. The van der Waals surface area contributed by atoms with Gasteiger partial charge in [-0.1, -0.05) is 28.5 Å². The molecule has 1 saturated heterocycles. The number of aryl methyl sites for hydroxylation is 1. The van der Waals surface area contributed by atoms with Gasteiger partial charge >= 0.3 is 5.71 Å². The molecule has 0 amide bonds. The smallest absolute Gasteiger partial charge is 0.344 e. The minimum Gasteiger partial charge on any atom is -0.361 e. The third kappa shape index (κ3) is 2.10. The first kappa shape index (κ1) is 9.97. The topological polar surface area (TPSA) is 92.8 Å². The SMILES string of the molecule is Cc1ccc(C(=[N+]=[N-])[C]2[N][N][N][N]2)cc1. The van der Waals surface area contributed by atoms with Crippen LogP contribution in [-0.2, 0) is 0 Å². The van der Waals surface area contributed by atoms with E-state index < -0.39 is 0 Å². The van der Waals surface area contributed by atoms with Gasteiger partial charge in [0.15, 0.2) is 0 Å². The summed E-state index contributed by atoms with van der Waals surface area (Å²) in [6.45, 7) is 1.97. The molecular weight excluding hydrogens is 192 g/mol. The Morgan fingerprint density at radius 2 is 1.73 bits per heavy atom. The highest BCUT2D eigenvalue weighted by Crippen LogP contribution is 2.10. The minimum atomic E-state index is 0.210. The summed E-state index contributed by atoms with van der Waals surface area (Å²) in [7, 11) is 0. The normalized spacial score (nSPS) is 16.3. The van der Waals surface area contributed by atoms with Crippen molar-refractivity contribution in [1.29, 1.82) is 0 Å². The lowest BCUT2D eigenvalue weighted by Crippen LogP contribution is -2.25. The molecule has 1 aliphatic heterocycles. The summed E-state index contributed by atoms with van der Waals surface area (Å²) in [6, 6.07) is 7.45. The van der Waals surface area contributed by atoms with Crippen LogP contribution in [0.5, 0.6) is 0 Å². The maximum Gasteiger partial charge on any atom is 0.344 e. The summed E-state index contributed by atoms with van der Waals surface area (Å²) < 4.78 is 0. The van der Waals surface area contributed by atoms with Crippen molar-refractivity contribution in [2.45, 2.75) is 6.92 Å². The first-order chi connectivity index (χ1) is 7.31. The molecule has 1 heterocycles. The van der Waals surface area contributed by atoms with Crippen LogP contribution in [0, 0.1) is 13.1 Å². The summed E-state index contributed by atoms with van der Waals surface area (Å²) in [5.74, 6) is 0. The van der Waals surface area contributed by atoms with E-state index in [2.05, 4.69) is 26.7 Å². The average molecular weight is 199 g/mol. The van der Waals surface area contributed by atoms with Crippen molar-refractivity contribution in [2.75, 3.05) is 0 Å². The van der Waals surface area contributed by atoms with Crippen LogP contribution in [0.2, 0.25) is 0 Å². The highest BCUT2D eigenvalue weighted by molar-refractivity contribution is 6.05. The monoisotopic (exact) mass is 199 g/mol. The van der Waals surface area contributed by atoms with Gasteiger partial charge in [0.1, 0.15) is 0 Å². The molecule has 73 valence electrons. The van der Waals surface area contributed by atoms with Crippen LogP contribution in [0.3, 0.4) is 0 Å². The minimum absolute atomic E-state index is 0.210. The van der Waals surface area contributed by atoms with Crippen molar-refractivity contribution in [3.63, 3.8) is 0 Å². The van der Waals surface area contributed by atoms with Gasteiger partial charge in [-0.3, -0.25) is 0 Å². The molecule has 0 spiro atoms. The zero-order valence-corrected chi connectivity index (χ0v) is 7.99. The Bertz CT molecular complexity index is 386. The van der Waals surface area contributed by atoms with Crippen molar-refractivity contribution in [1.82, 2.24) is 21.9 Å². The van der Waals surface area contributed by atoms with Gasteiger partial charge in [-0.05, 0) is 30.1 Å². The van der Waals surface area contributed by atoms with E-state index in [0.29, 0.717) is 0 Å². The second-order valence-electron chi connectivity index (χ2n) is 3.02. The predicted molar refractivity (Wildman–Crippen MR) is 50.7 cm³/mol. The van der Waals surface area contributed by atoms with Crippen molar-refractivity contribution in [3.8, 4) is 0 Å². The molecule has 5 radical (unpaired) electrons. The zero-order valence-electron chi connectivity index (χ0n) is 7.99. The van der Waals surface area contributed by atoms with Gasteiger partial charge in [0.2, 0.25) is 0 Å². The lowest BCUT2D eigenvalue weighted by molar-refractivity contribution is -0.00634. The third-order valence-corrected chi connectivity index (χ3v) is 1.96. The molecule has 6 nitrogen and oxygen atoms in total. The van der Waals surface area contributed by atoms with Crippen LogP contribution < -0.4 is 21.9 Å². The Morgan fingerprint density at radius 1 is 1.13 bits per heavy atom. The quantitative estimate of drug-likeness (QED) is 0.354. The fourth-order valence-corrected chi connectivity index (χ4v) is 1.18. The Labute approximate surface area is 87.2 Å². The van der Waals surface area contributed by atoms with E-state index in [4.69, 9.17) is 5.53 Å². The van der Waals surface area contributed by atoms with E-state index in [1.54, 1.807) is 0 Å². The molecule has 1 aliphatic rings. The second kappa shape index (κ2) is 4.31. The number of benzene rings is 1. The summed E-state index contributed by atoms with van der Waals surface area (Å²) >= 11 is 0. The van der Waals surface area contributed by atoms with Crippen LogP contribution >= 0.6 is 0 Å². The summed E-state index contributed by atoms with van der Waals surface area (Å²) in [5, 5.41) is 0. The van der Waals surface area contributed by atoms with E-state index in [-0.39, 0.29) is 11.9 Å². The fourth-order valence-electron chi connectivity index (χ4n) is 1.18. The van der Waals surface area contributed by atoms with Crippen LogP contribution in [0.4, 0.5) is 0 Å². The fraction of sp³-hybridized carbons (Fsp3) is 0.111. The van der Waals surface area contributed by atoms with Crippen molar-refractivity contribution < 1.29 is 4.79 Å². The lowest BCUT2D eigenvalue weighted by atomic mass is 10.1. The Hall–Kier alpha value is -1.56. The van der Waals surface area contributed by atoms with Crippen molar-refractivity contribution in [3.05, 3.63) is 47.1 Å². The van der Waals surface area contributed by atoms with Gasteiger partial charge < -0.3 is 5.53 Å². The van der Waals surface area contributed by atoms with E-state index >= 15 is 0 Å². The Kier molecular flexibility index (Phi) is 2.86. The molecule has 15 heavy (non-hydrogen) atoms. The predicted octanol–water partition coefficient (Wildman–Crippen LogP) is -0.320. The Morgan fingerprint density at radius 3 is 2.27 bits per heavy atom. The van der Waals surface area contributed by atoms with Gasteiger partial charge in [-0.15, -0.1) is 0 Å². The highest BCUT2D eigenvalue weighted by Gasteiger charge is 2.35. The van der Waals surface area contributed by atoms with Gasteiger partial charge in [0, 0.05) is 0 Å².